The number of ether oxygens (including phenoxy) is 1. The van der Waals surface area contributed by atoms with E-state index in [-0.39, 0.29) is 17.6 Å². The average molecular weight is 365 g/mol. The van der Waals surface area contributed by atoms with E-state index >= 15 is 0 Å². The number of rotatable bonds is 4. The highest BCUT2D eigenvalue weighted by Crippen LogP contribution is 2.19. The number of nitrogens with zero attached hydrogens (tertiary/aromatic N) is 5. The smallest absolute Gasteiger partial charge is 0.276 e. The van der Waals surface area contributed by atoms with Crippen LogP contribution in [0.15, 0.2) is 53.5 Å². The third-order valence-electron chi connectivity index (χ3n) is 4.61. The quantitative estimate of drug-likeness (QED) is 0.693. The van der Waals surface area contributed by atoms with E-state index in [4.69, 9.17) is 4.74 Å². The third-order valence-corrected chi connectivity index (χ3v) is 4.61. The second kappa shape index (κ2) is 6.71. The predicted molar refractivity (Wildman–Crippen MR) is 98.1 cm³/mol. The zero-order valence-electron chi connectivity index (χ0n) is 15.1. The van der Waals surface area contributed by atoms with Gasteiger partial charge in [-0.25, -0.2) is 0 Å². The van der Waals surface area contributed by atoms with E-state index in [1.54, 1.807) is 16.5 Å². The number of pyridine rings is 1. The van der Waals surface area contributed by atoms with Gasteiger partial charge in [-0.3, -0.25) is 9.59 Å². The predicted octanol–water partition coefficient (Wildman–Crippen LogP) is 1.18. The lowest BCUT2D eigenvalue weighted by Gasteiger charge is -2.38. The number of carbonyl (C=O) groups excluding carboxylic acids is 1. The maximum atomic E-state index is 12.5. The van der Waals surface area contributed by atoms with E-state index < -0.39 is 0 Å². The van der Waals surface area contributed by atoms with Gasteiger partial charge in [0.2, 0.25) is 0 Å². The first-order valence-corrected chi connectivity index (χ1v) is 8.62. The van der Waals surface area contributed by atoms with Gasteiger partial charge in [-0.15, -0.1) is 5.10 Å². The summed E-state index contributed by atoms with van der Waals surface area (Å²) in [6.45, 7) is 2.75. The Kier molecular flexibility index (Phi) is 4.23. The van der Waals surface area contributed by atoms with E-state index in [0.717, 1.165) is 11.4 Å². The largest absolute Gasteiger partial charge is 0.486 e. The van der Waals surface area contributed by atoms with Crippen molar-refractivity contribution in [2.24, 2.45) is 7.05 Å². The van der Waals surface area contributed by atoms with Gasteiger partial charge in [0.1, 0.15) is 11.9 Å². The van der Waals surface area contributed by atoms with Crippen LogP contribution in [-0.2, 0) is 7.05 Å². The van der Waals surface area contributed by atoms with Crippen LogP contribution in [0.4, 0.5) is 0 Å². The van der Waals surface area contributed by atoms with Gasteiger partial charge in [0.15, 0.2) is 5.69 Å². The van der Waals surface area contributed by atoms with Crippen molar-refractivity contribution in [3.63, 3.8) is 0 Å². The van der Waals surface area contributed by atoms with Crippen LogP contribution < -0.4 is 10.3 Å². The molecule has 2 aromatic heterocycles. The highest BCUT2D eigenvalue weighted by Gasteiger charge is 2.34. The molecule has 3 heterocycles. The molecule has 0 aliphatic carbocycles. The van der Waals surface area contributed by atoms with Crippen molar-refractivity contribution in [3.8, 4) is 11.4 Å². The first-order chi connectivity index (χ1) is 13.0. The third kappa shape index (κ3) is 3.33. The van der Waals surface area contributed by atoms with E-state index in [1.807, 2.05) is 43.3 Å². The summed E-state index contributed by atoms with van der Waals surface area (Å²) in [5, 5.41) is 8.41. The first kappa shape index (κ1) is 17.0. The van der Waals surface area contributed by atoms with E-state index in [9.17, 15) is 9.59 Å². The Balaban J connectivity index is 1.38. The van der Waals surface area contributed by atoms with Crippen LogP contribution in [-0.4, -0.2) is 49.6 Å². The lowest BCUT2D eigenvalue weighted by molar-refractivity contribution is 0.0172. The molecule has 0 radical (unpaired) electrons. The summed E-state index contributed by atoms with van der Waals surface area (Å²) in [7, 11) is 1.72. The standard InChI is InChI=1S/C19H19N5O3/c1-13-8-15(9-18(25)22(13)2)27-16-11-23(12-16)19(26)17-10-20-24(21-17)14-6-4-3-5-7-14/h3-10,16H,11-12H2,1-2H3. The number of hydrogen-bond acceptors (Lipinski definition) is 5. The maximum Gasteiger partial charge on any atom is 0.276 e. The van der Waals surface area contributed by atoms with Crippen LogP contribution in [0.2, 0.25) is 0 Å². The maximum absolute atomic E-state index is 12.5. The second-order valence-corrected chi connectivity index (χ2v) is 6.53. The second-order valence-electron chi connectivity index (χ2n) is 6.53. The zero-order valence-corrected chi connectivity index (χ0v) is 15.1. The summed E-state index contributed by atoms with van der Waals surface area (Å²) in [6.07, 6.45) is 1.33. The molecule has 1 aliphatic rings. The Morgan fingerprint density at radius 2 is 1.93 bits per heavy atom. The van der Waals surface area contributed by atoms with Gasteiger partial charge in [-0.2, -0.15) is 9.90 Å². The van der Waals surface area contributed by atoms with Crippen molar-refractivity contribution in [1.82, 2.24) is 24.5 Å². The van der Waals surface area contributed by atoms with Crippen LogP contribution >= 0.6 is 0 Å². The number of carbonyl (C=O) groups is 1. The molecule has 1 aromatic carbocycles. The minimum Gasteiger partial charge on any atom is -0.486 e. The molecule has 4 rings (SSSR count). The average Bonchev–Trinajstić information content (AvgIpc) is 3.13. The number of amides is 1. The van der Waals surface area contributed by atoms with Crippen LogP contribution in [0, 0.1) is 6.92 Å². The van der Waals surface area contributed by atoms with Crippen molar-refractivity contribution >= 4 is 5.91 Å². The zero-order chi connectivity index (χ0) is 19.0. The normalized spacial score (nSPS) is 14.1. The number of benzene rings is 1. The summed E-state index contributed by atoms with van der Waals surface area (Å²) < 4.78 is 7.36. The van der Waals surface area contributed by atoms with Gasteiger partial charge in [0.25, 0.3) is 11.5 Å². The Morgan fingerprint density at radius 1 is 1.19 bits per heavy atom. The molecule has 0 bridgehead atoms. The van der Waals surface area contributed by atoms with Gasteiger partial charge >= 0.3 is 0 Å². The topological polar surface area (TPSA) is 82.2 Å². The van der Waals surface area contributed by atoms with Crippen molar-refractivity contribution < 1.29 is 9.53 Å². The number of likely N-dealkylation sites (tertiary alicyclic amines) is 1. The fourth-order valence-corrected chi connectivity index (χ4v) is 2.88. The molecule has 1 amide bonds. The molecule has 0 saturated carbocycles. The van der Waals surface area contributed by atoms with E-state index in [2.05, 4.69) is 10.2 Å². The number of para-hydroxylation sites is 1. The summed E-state index contributed by atoms with van der Waals surface area (Å²) >= 11 is 0. The van der Waals surface area contributed by atoms with Gasteiger partial charge in [-0.05, 0) is 25.1 Å². The summed E-state index contributed by atoms with van der Waals surface area (Å²) in [6, 6.07) is 12.7. The molecule has 0 unspecified atom stereocenters. The van der Waals surface area contributed by atoms with Gasteiger partial charge in [-0.1, -0.05) is 18.2 Å². The molecule has 1 saturated heterocycles. The fraction of sp³-hybridized carbons (Fsp3) is 0.263. The molecule has 0 N–H and O–H groups in total. The molecule has 3 aromatic rings. The Labute approximate surface area is 155 Å². The molecular formula is C19H19N5O3. The summed E-state index contributed by atoms with van der Waals surface area (Å²) in [4.78, 5) is 27.4. The molecule has 138 valence electrons. The highest BCUT2D eigenvalue weighted by atomic mass is 16.5. The summed E-state index contributed by atoms with van der Waals surface area (Å²) in [5.74, 6) is 0.347. The highest BCUT2D eigenvalue weighted by molar-refractivity contribution is 5.92. The lowest BCUT2D eigenvalue weighted by Crippen LogP contribution is -2.56. The fourth-order valence-electron chi connectivity index (χ4n) is 2.88. The Bertz CT molecular complexity index is 1030. The van der Waals surface area contributed by atoms with E-state index in [1.165, 1.54) is 17.1 Å². The monoisotopic (exact) mass is 365 g/mol. The molecule has 0 atom stereocenters. The molecule has 27 heavy (non-hydrogen) atoms. The molecule has 0 spiro atoms. The molecular weight excluding hydrogens is 346 g/mol. The molecule has 1 fully saturated rings. The minimum atomic E-state index is -0.183. The first-order valence-electron chi connectivity index (χ1n) is 8.62. The Hall–Kier alpha value is -3.42. The molecule has 8 nitrogen and oxygen atoms in total. The van der Waals surface area contributed by atoms with Crippen molar-refractivity contribution in [1.29, 1.82) is 0 Å². The van der Waals surface area contributed by atoms with Crippen molar-refractivity contribution in [2.75, 3.05) is 13.1 Å². The van der Waals surface area contributed by atoms with Crippen molar-refractivity contribution in [2.45, 2.75) is 13.0 Å². The lowest BCUT2D eigenvalue weighted by atomic mass is 10.1. The van der Waals surface area contributed by atoms with Crippen LogP contribution in [0.25, 0.3) is 5.69 Å². The van der Waals surface area contributed by atoms with Crippen molar-refractivity contribution in [3.05, 3.63) is 70.4 Å². The molecule has 8 heteroatoms. The van der Waals surface area contributed by atoms with Gasteiger partial charge in [0, 0.05) is 18.8 Å². The number of aryl methyl sites for hydroxylation is 1. The van der Waals surface area contributed by atoms with Gasteiger partial charge < -0.3 is 14.2 Å². The van der Waals surface area contributed by atoms with Crippen LogP contribution in [0.3, 0.4) is 0 Å². The number of aromatic nitrogens is 4. The molecule has 1 aliphatic heterocycles. The van der Waals surface area contributed by atoms with Crippen LogP contribution in [0.1, 0.15) is 16.2 Å². The Morgan fingerprint density at radius 3 is 2.63 bits per heavy atom. The SMILES string of the molecule is Cc1cc(OC2CN(C(=O)c3cnn(-c4ccccc4)n3)C2)cc(=O)n1C. The number of hydrogen-bond donors (Lipinski definition) is 0. The van der Waals surface area contributed by atoms with Crippen LogP contribution in [0.5, 0.6) is 5.75 Å². The van der Waals surface area contributed by atoms with E-state index in [0.29, 0.717) is 24.5 Å². The minimum absolute atomic E-state index is 0.116. The van der Waals surface area contributed by atoms with Gasteiger partial charge in [0.05, 0.1) is 25.0 Å². The summed E-state index contributed by atoms with van der Waals surface area (Å²) in [5.41, 5.74) is 1.79.